The Kier molecular flexibility index (Phi) is 4.24. The van der Waals surface area contributed by atoms with E-state index in [2.05, 4.69) is 78.9 Å². The van der Waals surface area contributed by atoms with Crippen LogP contribution in [0.1, 0.15) is 16.7 Å². The summed E-state index contributed by atoms with van der Waals surface area (Å²) in [5.41, 5.74) is 4.76. The average molecular weight is 352 g/mol. The molecule has 0 unspecified atom stereocenters. The lowest BCUT2D eigenvalue weighted by Gasteiger charge is -2.20. The standard InChI is InChI=1S/C15H17IN2/c1-11-7-12(2)9-15(8-11)18(17)10-13-3-5-14(16)6-4-13/h3-9H,10,17H2,1-2H3. The summed E-state index contributed by atoms with van der Waals surface area (Å²) in [6.07, 6.45) is 0. The second-order valence-corrected chi connectivity index (χ2v) is 5.85. The predicted molar refractivity (Wildman–Crippen MR) is 85.4 cm³/mol. The van der Waals surface area contributed by atoms with Crippen molar-refractivity contribution >= 4 is 28.3 Å². The molecular formula is C15H17IN2. The monoisotopic (exact) mass is 352 g/mol. The number of nitrogens with two attached hydrogens (primary N) is 1. The van der Waals surface area contributed by atoms with Crippen LogP contribution in [0.2, 0.25) is 0 Å². The van der Waals surface area contributed by atoms with Gasteiger partial charge in [0, 0.05) is 3.57 Å². The molecule has 94 valence electrons. The molecule has 0 aliphatic carbocycles. The van der Waals surface area contributed by atoms with Crippen LogP contribution in [-0.2, 0) is 6.54 Å². The molecule has 0 fully saturated rings. The summed E-state index contributed by atoms with van der Waals surface area (Å²) in [6.45, 7) is 4.91. The van der Waals surface area contributed by atoms with Gasteiger partial charge in [0.2, 0.25) is 0 Å². The summed E-state index contributed by atoms with van der Waals surface area (Å²) < 4.78 is 1.24. The van der Waals surface area contributed by atoms with Gasteiger partial charge in [-0.2, -0.15) is 0 Å². The Morgan fingerprint density at radius 3 is 2.11 bits per heavy atom. The number of aryl methyl sites for hydroxylation is 2. The molecule has 2 nitrogen and oxygen atoms in total. The topological polar surface area (TPSA) is 29.3 Å². The Morgan fingerprint density at radius 1 is 1.00 bits per heavy atom. The third-order valence-corrected chi connectivity index (χ3v) is 3.52. The van der Waals surface area contributed by atoms with Crippen molar-refractivity contribution in [1.29, 1.82) is 0 Å². The van der Waals surface area contributed by atoms with E-state index in [9.17, 15) is 0 Å². The molecule has 3 heteroatoms. The number of benzene rings is 2. The van der Waals surface area contributed by atoms with Crippen LogP contribution in [0, 0.1) is 17.4 Å². The Morgan fingerprint density at radius 2 is 1.56 bits per heavy atom. The fraction of sp³-hybridized carbons (Fsp3) is 0.200. The maximum Gasteiger partial charge on any atom is 0.0592 e. The van der Waals surface area contributed by atoms with Crippen LogP contribution < -0.4 is 10.9 Å². The molecule has 18 heavy (non-hydrogen) atoms. The van der Waals surface area contributed by atoms with Crippen molar-refractivity contribution in [3.05, 3.63) is 62.7 Å². The molecule has 2 rings (SSSR count). The minimum absolute atomic E-state index is 0.722. The van der Waals surface area contributed by atoms with Gasteiger partial charge in [0.1, 0.15) is 0 Å². The van der Waals surface area contributed by atoms with Gasteiger partial charge in [0.05, 0.1) is 12.2 Å². The summed E-state index contributed by atoms with van der Waals surface area (Å²) in [5.74, 6) is 6.13. The summed E-state index contributed by atoms with van der Waals surface area (Å²) in [4.78, 5) is 0. The van der Waals surface area contributed by atoms with Crippen LogP contribution in [0.5, 0.6) is 0 Å². The van der Waals surface area contributed by atoms with E-state index in [-0.39, 0.29) is 0 Å². The van der Waals surface area contributed by atoms with Crippen LogP contribution in [0.4, 0.5) is 5.69 Å². The lowest BCUT2D eigenvalue weighted by Crippen LogP contribution is -2.30. The zero-order valence-electron chi connectivity index (χ0n) is 10.7. The van der Waals surface area contributed by atoms with Gasteiger partial charge < -0.3 is 5.01 Å². The molecular weight excluding hydrogens is 335 g/mol. The van der Waals surface area contributed by atoms with Crippen LogP contribution in [0.25, 0.3) is 0 Å². The maximum absolute atomic E-state index is 6.13. The minimum atomic E-state index is 0.722. The number of hydrazine groups is 1. The number of hydrogen-bond acceptors (Lipinski definition) is 2. The molecule has 0 radical (unpaired) electrons. The molecule has 0 spiro atoms. The summed E-state index contributed by atoms with van der Waals surface area (Å²) in [6, 6.07) is 14.8. The smallest absolute Gasteiger partial charge is 0.0592 e. The van der Waals surface area contributed by atoms with E-state index in [1.807, 2.05) is 0 Å². The molecule has 0 aliphatic heterocycles. The van der Waals surface area contributed by atoms with E-state index in [1.165, 1.54) is 20.3 Å². The zero-order chi connectivity index (χ0) is 13.1. The molecule has 0 saturated carbocycles. The highest BCUT2D eigenvalue weighted by Crippen LogP contribution is 2.18. The lowest BCUT2D eigenvalue weighted by molar-refractivity contribution is 0.851. The molecule has 0 saturated heterocycles. The summed E-state index contributed by atoms with van der Waals surface area (Å²) in [7, 11) is 0. The summed E-state index contributed by atoms with van der Waals surface area (Å²) in [5, 5.41) is 1.79. The van der Waals surface area contributed by atoms with Crippen molar-refractivity contribution in [2.75, 3.05) is 5.01 Å². The third-order valence-electron chi connectivity index (χ3n) is 2.80. The highest BCUT2D eigenvalue weighted by Gasteiger charge is 2.04. The zero-order valence-corrected chi connectivity index (χ0v) is 12.8. The highest BCUT2D eigenvalue weighted by atomic mass is 127. The second kappa shape index (κ2) is 5.71. The Labute approximate surface area is 122 Å². The van der Waals surface area contributed by atoms with Gasteiger partial charge in [0.25, 0.3) is 0 Å². The van der Waals surface area contributed by atoms with Crippen molar-refractivity contribution in [2.24, 2.45) is 5.84 Å². The molecule has 2 aromatic carbocycles. The minimum Gasteiger partial charge on any atom is -0.307 e. The fourth-order valence-electron chi connectivity index (χ4n) is 1.99. The van der Waals surface area contributed by atoms with E-state index in [1.54, 1.807) is 5.01 Å². The molecule has 0 aliphatic rings. The van der Waals surface area contributed by atoms with Gasteiger partial charge in [-0.3, -0.25) is 0 Å². The van der Waals surface area contributed by atoms with E-state index in [4.69, 9.17) is 5.84 Å². The van der Waals surface area contributed by atoms with Crippen LogP contribution in [0.3, 0.4) is 0 Å². The van der Waals surface area contributed by atoms with Crippen molar-refractivity contribution < 1.29 is 0 Å². The summed E-state index contributed by atoms with van der Waals surface area (Å²) >= 11 is 2.31. The number of hydrogen-bond donors (Lipinski definition) is 1. The first kappa shape index (κ1) is 13.4. The number of anilines is 1. The Balaban J connectivity index is 2.16. The van der Waals surface area contributed by atoms with Gasteiger partial charge in [0.15, 0.2) is 0 Å². The Hall–Kier alpha value is -1.07. The largest absolute Gasteiger partial charge is 0.307 e. The van der Waals surface area contributed by atoms with E-state index in [0.717, 1.165) is 12.2 Å². The van der Waals surface area contributed by atoms with Crippen molar-refractivity contribution in [3.63, 3.8) is 0 Å². The van der Waals surface area contributed by atoms with Crippen LogP contribution >= 0.6 is 22.6 Å². The number of nitrogens with zero attached hydrogens (tertiary/aromatic N) is 1. The molecule has 2 N–H and O–H groups in total. The first-order chi connectivity index (χ1) is 8.54. The van der Waals surface area contributed by atoms with Gasteiger partial charge >= 0.3 is 0 Å². The van der Waals surface area contributed by atoms with Gasteiger partial charge in [-0.15, -0.1) is 0 Å². The average Bonchev–Trinajstić information content (AvgIpc) is 2.31. The first-order valence-corrected chi connectivity index (χ1v) is 6.97. The predicted octanol–water partition coefficient (Wildman–Crippen LogP) is 3.79. The van der Waals surface area contributed by atoms with Crippen LogP contribution in [-0.4, -0.2) is 0 Å². The van der Waals surface area contributed by atoms with E-state index < -0.39 is 0 Å². The van der Waals surface area contributed by atoms with Crippen molar-refractivity contribution in [2.45, 2.75) is 20.4 Å². The van der Waals surface area contributed by atoms with E-state index >= 15 is 0 Å². The molecule has 0 atom stereocenters. The maximum atomic E-state index is 6.13. The quantitative estimate of drug-likeness (QED) is 0.517. The molecule has 0 aromatic heterocycles. The second-order valence-electron chi connectivity index (χ2n) is 4.60. The molecule has 0 bridgehead atoms. The molecule has 2 aromatic rings. The van der Waals surface area contributed by atoms with Crippen LogP contribution in [0.15, 0.2) is 42.5 Å². The first-order valence-electron chi connectivity index (χ1n) is 5.89. The fourth-order valence-corrected chi connectivity index (χ4v) is 2.35. The van der Waals surface area contributed by atoms with E-state index in [0.29, 0.717) is 0 Å². The number of halogens is 1. The third kappa shape index (κ3) is 3.46. The lowest BCUT2D eigenvalue weighted by atomic mass is 10.1. The SMILES string of the molecule is Cc1cc(C)cc(N(N)Cc2ccc(I)cc2)c1. The van der Waals surface area contributed by atoms with Crippen molar-refractivity contribution in [1.82, 2.24) is 0 Å². The van der Waals surface area contributed by atoms with Crippen molar-refractivity contribution in [3.8, 4) is 0 Å². The van der Waals surface area contributed by atoms with Gasteiger partial charge in [-0.05, 0) is 77.4 Å². The highest BCUT2D eigenvalue weighted by molar-refractivity contribution is 14.1. The van der Waals surface area contributed by atoms with Gasteiger partial charge in [-0.25, -0.2) is 5.84 Å². The van der Waals surface area contributed by atoms with Gasteiger partial charge in [-0.1, -0.05) is 18.2 Å². The number of rotatable bonds is 3. The Bertz CT molecular complexity index is 514. The molecule has 0 amide bonds. The molecule has 0 heterocycles. The normalized spacial score (nSPS) is 10.4.